The van der Waals surface area contributed by atoms with Crippen molar-refractivity contribution in [2.75, 3.05) is 30.0 Å². The SMILES string of the molecule is COc1cccc2cc(C(=O)Nc3ccc(C)cc3)n(NC(=O)C(=O)Nc3ccc4c(c3)OCO4)c12. The van der Waals surface area contributed by atoms with Gasteiger partial charge in [-0.25, -0.2) is 4.68 Å². The number of amides is 3. The Morgan fingerprint density at radius 1 is 0.861 bits per heavy atom. The summed E-state index contributed by atoms with van der Waals surface area (Å²) in [6, 6.07) is 18.9. The number of carbonyl (C=O) groups excluding carboxylic acids is 3. The number of rotatable bonds is 5. The molecule has 0 fully saturated rings. The summed E-state index contributed by atoms with van der Waals surface area (Å²) in [5.74, 6) is -0.972. The summed E-state index contributed by atoms with van der Waals surface area (Å²) in [5.41, 5.74) is 5.05. The maximum absolute atomic E-state index is 13.2. The van der Waals surface area contributed by atoms with Crippen molar-refractivity contribution in [3.05, 3.63) is 78.0 Å². The van der Waals surface area contributed by atoms with E-state index in [4.69, 9.17) is 14.2 Å². The molecule has 0 saturated heterocycles. The van der Waals surface area contributed by atoms with Gasteiger partial charge in [-0.3, -0.25) is 19.8 Å². The number of benzene rings is 3. The summed E-state index contributed by atoms with van der Waals surface area (Å²) in [5, 5.41) is 5.97. The number of aryl methyl sites for hydroxylation is 1. The quantitative estimate of drug-likeness (QED) is 0.371. The third-order valence-electron chi connectivity index (χ3n) is 5.60. The van der Waals surface area contributed by atoms with Gasteiger partial charge in [0.25, 0.3) is 5.91 Å². The molecule has 3 amide bonds. The molecule has 0 aliphatic carbocycles. The number of nitrogens with zero attached hydrogens (tertiary/aromatic N) is 1. The number of hydrogen-bond acceptors (Lipinski definition) is 6. The molecule has 0 atom stereocenters. The van der Waals surface area contributed by atoms with E-state index in [2.05, 4.69) is 16.1 Å². The molecule has 3 aromatic carbocycles. The van der Waals surface area contributed by atoms with Crippen LogP contribution in [0.25, 0.3) is 10.9 Å². The fraction of sp³-hybridized carbons (Fsp3) is 0.115. The van der Waals surface area contributed by atoms with Gasteiger partial charge in [-0.2, -0.15) is 0 Å². The highest BCUT2D eigenvalue weighted by atomic mass is 16.7. The van der Waals surface area contributed by atoms with Crippen molar-refractivity contribution >= 4 is 40.0 Å². The van der Waals surface area contributed by atoms with E-state index in [1.54, 1.807) is 54.6 Å². The number of aromatic nitrogens is 1. The van der Waals surface area contributed by atoms with Crippen LogP contribution in [0.2, 0.25) is 0 Å². The van der Waals surface area contributed by atoms with Gasteiger partial charge < -0.3 is 24.8 Å². The van der Waals surface area contributed by atoms with E-state index in [0.29, 0.717) is 39.5 Å². The summed E-state index contributed by atoms with van der Waals surface area (Å²) in [6.45, 7) is 2.03. The zero-order valence-corrected chi connectivity index (χ0v) is 19.5. The molecule has 1 aliphatic rings. The van der Waals surface area contributed by atoms with Crippen LogP contribution in [-0.2, 0) is 9.59 Å². The van der Waals surface area contributed by atoms with Crippen LogP contribution in [0.15, 0.2) is 66.7 Å². The maximum Gasteiger partial charge on any atom is 0.328 e. The monoisotopic (exact) mass is 486 g/mol. The lowest BCUT2D eigenvalue weighted by atomic mass is 10.2. The second-order valence-corrected chi connectivity index (χ2v) is 8.05. The molecule has 0 saturated carbocycles. The van der Waals surface area contributed by atoms with Crippen molar-refractivity contribution in [1.82, 2.24) is 4.68 Å². The fourth-order valence-electron chi connectivity index (χ4n) is 3.82. The minimum absolute atomic E-state index is 0.0865. The van der Waals surface area contributed by atoms with Crippen molar-refractivity contribution in [1.29, 1.82) is 0 Å². The van der Waals surface area contributed by atoms with Gasteiger partial charge in [0.1, 0.15) is 17.0 Å². The molecule has 1 aliphatic heterocycles. The highest BCUT2D eigenvalue weighted by Crippen LogP contribution is 2.34. The Bertz CT molecular complexity index is 1490. The van der Waals surface area contributed by atoms with Crippen molar-refractivity contribution < 1.29 is 28.6 Å². The summed E-state index contributed by atoms with van der Waals surface area (Å²) >= 11 is 0. The second-order valence-electron chi connectivity index (χ2n) is 8.05. The lowest BCUT2D eigenvalue weighted by Gasteiger charge is -2.14. The smallest absolute Gasteiger partial charge is 0.328 e. The average Bonchev–Trinajstić information content (AvgIpc) is 3.49. The van der Waals surface area contributed by atoms with E-state index in [1.807, 2.05) is 19.1 Å². The van der Waals surface area contributed by atoms with Gasteiger partial charge in [-0.05, 0) is 43.3 Å². The number of hydrogen-bond donors (Lipinski definition) is 3. The van der Waals surface area contributed by atoms with Crippen molar-refractivity contribution in [3.63, 3.8) is 0 Å². The number of anilines is 2. The van der Waals surface area contributed by atoms with Crippen LogP contribution >= 0.6 is 0 Å². The first kappa shape index (κ1) is 22.8. The number of methoxy groups -OCH3 is 1. The molecule has 4 aromatic rings. The van der Waals surface area contributed by atoms with E-state index in [-0.39, 0.29) is 12.5 Å². The van der Waals surface area contributed by atoms with Gasteiger partial charge in [0.05, 0.1) is 7.11 Å². The standard InChI is InChI=1S/C26H22N4O6/c1-15-6-8-17(9-7-15)27-24(31)19-12-16-4-3-5-21(34-2)23(16)30(19)29-26(33)25(32)28-18-10-11-20-22(13-18)36-14-35-20/h3-13H,14H2,1-2H3,(H,27,31)(H,28,32)(H,29,33). The van der Waals surface area contributed by atoms with Gasteiger partial charge in [0.2, 0.25) is 6.79 Å². The Labute approximate surface area is 205 Å². The van der Waals surface area contributed by atoms with Gasteiger partial charge in [-0.1, -0.05) is 29.8 Å². The summed E-state index contributed by atoms with van der Waals surface area (Å²) in [6.07, 6.45) is 0. The normalized spacial score (nSPS) is 11.7. The topological polar surface area (TPSA) is 120 Å². The third kappa shape index (κ3) is 4.39. The molecular weight excluding hydrogens is 464 g/mol. The Morgan fingerprint density at radius 3 is 2.39 bits per heavy atom. The first-order valence-electron chi connectivity index (χ1n) is 11.0. The van der Waals surface area contributed by atoms with Crippen LogP contribution in [0, 0.1) is 6.92 Å². The Morgan fingerprint density at radius 2 is 1.61 bits per heavy atom. The summed E-state index contributed by atoms with van der Waals surface area (Å²) in [7, 11) is 1.48. The molecule has 10 nitrogen and oxygen atoms in total. The number of carbonyl (C=O) groups is 3. The van der Waals surface area contributed by atoms with E-state index < -0.39 is 17.7 Å². The second kappa shape index (κ2) is 9.34. The number of ether oxygens (including phenoxy) is 3. The van der Waals surface area contributed by atoms with Crippen molar-refractivity contribution in [2.45, 2.75) is 6.92 Å². The minimum atomic E-state index is -0.986. The molecule has 0 bridgehead atoms. The molecule has 2 heterocycles. The van der Waals surface area contributed by atoms with Crippen LogP contribution in [0.3, 0.4) is 0 Å². The van der Waals surface area contributed by atoms with Crippen LogP contribution < -0.4 is 30.3 Å². The van der Waals surface area contributed by atoms with Crippen LogP contribution in [0.4, 0.5) is 11.4 Å². The maximum atomic E-state index is 13.2. The van der Waals surface area contributed by atoms with Gasteiger partial charge >= 0.3 is 11.8 Å². The summed E-state index contributed by atoms with van der Waals surface area (Å²) < 4.78 is 17.2. The lowest BCUT2D eigenvalue weighted by Crippen LogP contribution is -2.36. The van der Waals surface area contributed by atoms with E-state index >= 15 is 0 Å². The number of nitrogens with one attached hydrogen (secondary N) is 3. The molecule has 0 unspecified atom stereocenters. The minimum Gasteiger partial charge on any atom is -0.494 e. The lowest BCUT2D eigenvalue weighted by molar-refractivity contribution is -0.133. The predicted octanol–water partition coefficient (Wildman–Crippen LogP) is 3.65. The van der Waals surface area contributed by atoms with Crippen molar-refractivity contribution in [3.8, 4) is 17.2 Å². The molecule has 5 rings (SSSR count). The Balaban J connectivity index is 1.43. The Kier molecular flexibility index (Phi) is 5.91. The molecule has 3 N–H and O–H groups in total. The van der Waals surface area contributed by atoms with Crippen molar-refractivity contribution in [2.24, 2.45) is 0 Å². The molecule has 36 heavy (non-hydrogen) atoms. The van der Waals surface area contributed by atoms with E-state index in [9.17, 15) is 14.4 Å². The largest absolute Gasteiger partial charge is 0.494 e. The van der Waals surface area contributed by atoms with Gasteiger partial charge in [0, 0.05) is 22.8 Å². The zero-order chi connectivity index (χ0) is 25.2. The van der Waals surface area contributed by atoms with E-state index in [0.717, 1.165) is 5.56 Å². The average molecular weight is 486 g/mol. The third-order valence-corrected chi connectivity index (χ3v) is 5.60. The number of para-hydroxylation sites is 1. The Hall–Kier alpha value is -4.99. The molecule has 1 aromatic heterocycles. The highest BCUT2D eigenvalue weighted by molar-refractivity contribution is 6.42. The highest BCUT2D eigenvalue weighted by Gasteiger charge is 2.23. The first-order valence-corrected chi connectivity index (χ1v) is 11.0. The van der Waals surface area contributed by atoms with Gasteiger partial charge in [-0.15, -0.1) is 0 Å². The molecule has 10 heteroatoms. The van der Waals surface area contributed by atoms with Crippen LogP contribution in [0.5, 0.6) is 17.2 Å². The fourth-order valence-corrected chi connectivity index (χ4v) is 3.82. The molecular formula is C26H22N4O6. The van der Waals surface area contributed by atoms with Crippen LogP contribution in [-0.4, -0.2) is 36.3 Å². The number of fused-ring (bicyclic) bond motifs is 2. The zero-order valence-electron chi connectivity index (χ0n) is 19.5. The first-order chi connectivity index (χ1) is 17.4. The van der Waals surface area contributed by atoms with Crippen LogP contribution in [0.1, 0.15) is 16.1 Å². The predicted molar refractivity (Wildman–Crippen MR) is 133 cm³/mol. The van der Waals surface area contributed by atoms with Gasteiger partial charge in [0.15, 0.2) is 11.5 Å². The summed E-state index contributed by atoms with van der Waals surface area (Å²) in [4.78, 5) is 38.8. The molecule has 0 spiro atoms. The molecule has 0 radical (unpaired) electrons. The molecule has 182 valence electrons. The van der Waals surface area contributed by atoms with E-state index in [1.165, 1.54) is 11.8 Å².